The summed E-state index contributed by atoms with van der Waals surface area (Å²) in [5.41, 5.74) is -0.525. The van der Waals surface area contributed by atoms with Crippen LogP contribution in [-0.4, -0.2) is 54.2 Å². The molecule has 0 aromatic rings. The number of carbonyl (C=O) groups is 2. The molecule has 0 aliphatic carbocycles. The van der Waals surface area contributed by atoms with Crippen LogP contribution >= 0.6 is 0 Å². The van der Waals surface area contributed by atoms with Crippen molar-refractivity contribution in [1.29, 1.82) is 0 Å². The number of nitrogens with one attached hydrogen (secondary N) is 2. The van der Waals surface area contributed by atoms with Gasteiger partial charge < -0.3 is 20.6 Å². The van der Waals surface area contributed by atoms with E-state index in [2.05, 4.69) is 36.4 Å². The molecule has 21 heavy (non-hydrogen) atoms. The number of carbonyl (C=O) groups excluding carboxylic acids is 1. The minimum absolute atomic E-state index is 0.422. The summed E-state index contributed by atoms with van der Waals surface area (Å²) in [6, 6.07) is -0.802. The second-order valence-corrected chi connectivity index (χ2v) is 6.82. The van der Waals surface area contributed by atoms with Crippen molar-refractivity contribution >= 4 is 12.0 Å². The van der Waals surface area contributed by atoms with E-state index in [9.17, 15) is 9.59 Å². The summed E-state index contributed by atoms with van der Waals surface area (Å²) in [6.07, 6.45) is 1.87. The van der Waals surface area contributed by atoms with E-state index in [0.717, 1.165) is 19.4 Å². The smallest absolute Gasteiger partial charge is 0.326 e. The Morgan fingerprint density at radius 1 is 1.19 bits per heavy atom. The van der Waals surface area contributed by atoms with Gasteiger partial charge in [-0.1, -0.05) is 20.8 Å². The maximum absolute atomic E-state index is 11.7. The van der Waals surface area contributed by atoms with E-state index in [1.165, 1.54) is 0 Å². The molecule has 6 nitrogen and oxygen atoms in total. The number of carboxylic acid groups (broad SMARTS) is 1. The van der Waals surface area contributed by atoms with E-state index in [1.807, 2.05) is 0 Å². The molecule has 0 fully saturated rings. The van der Waals surface area contributed by atoms with Gasteiger partial charge in [0.25, 0.3) is 0 Å². The second-order valence-electron chi connectivity index (χ2n) is 6.82. The lowest BCUT2D eigenvalue weighted by Crippen LogP contribution is -2.52. The monoisotopic (exact) mass is 301 g/mol. The van der Waals surface area contributed by atoms with Gasteiger partial charge in [-0.05, 0) is 45.7 Å². The Labute approximate surface area is 128 Å². The van der Waals surface area contributed by atoms with E-state index in [-0.39, 0.29) is 0 Å². The van der Waals surface area contributed by atoms with Crippen molar-refractivity contribution in [2.45, 2.75) is 59.5 Å². The van der Waals surface area contributed by atoms with Gasteiger partial charge in [-0.2, -0.15) is 0 Å². The summed E-state index contributed by atoms with van der Waals surface area (Å²) in [5.74, 6) is -1.02. The molecule has 0 rings (SSSR count). The Kier molecular flexibility index (Phi) is 8.32. The van der Waals surface area contributed by atoms with E-state index < -0.39 is 23.5 Å². The van der Waals surface area contributed by atoms with E-state index in [4.69, 9.17) is 5.11 Å². The summed E-state index contributed by atoms with van der Waals surface area (Å²) >= 11 is 0. The topological polar surface area (TPSA) is 81.7 Å². The number of rotatable bonds is 8. The molecule has 2 amide bonds. The number of hydrogen-bond acceptors (Lipinski definition) is 3. The van der Waals surface area contributed by atoms with E-state index >= 15 is 0 Å². The van der Waals surface area contributed by atoms with Gasteiger partial charge in [-0.25, -0.2) is 9.59 Å². The summed E-state index contributed by atoms with van der Waals surface area (Å²) in [5, 5.41) is 14.4. The van der Waals surface area contributed by atoms with Gasteiger partial charge in [0, 0.05) is 12.6 Å². The molecule has 0 aliphatic heterocycles. The summed E-state index contributed by atoms with van der Waals surface area (Å²) in [6.45, 7) is 11.2. The minimum atomic E-state index is -1.02. The van der Waals surface area contributed by atoms with Gasteiger partial charge in [0.1, 0.15) is 6.04 Å². The highest BCUT2D eigenvalue weighted by molar-refractivity contribution is 5.83. The number of carboxylic acids is 1. The highest BCUT2D eigenvalue weighted by Gasteiger charge is 2.32. The number of aliphatic carboxylic acids is 1. The van der Waals surface area contributed by atoms with E-state index in [0.29, 0.717) is 12.6 Å². The fourth-order valence-electron chi connectivity index (χ4n) is 1.78. The largest absolute Gasteiger partial charge is 0.480 e. The first-order chi connectivity index (χ1) is 9.55. The zero-order valence-electron chi connectivity index (χ0n) is 14.2. The Balaban J connectivity index is 3.97. The molecule has 124 valence electrons. The normalized spacial score (nSPS) is 13.3. The fraction of sp³-hybridized carbons (Fsp3) is 0.867. The van der Waals surface area contributed by atoms with Crippen molar-refractivity contribution in [2.75, 3.05) is 20.1 Å². The van der Waals surface area contributed by atoms with Crippen LogP contribution < -0.4 is 10.6 Å². The molecule has 0 spiro atoms. The molecule has 0 aromatic carbocycles. The number of unbranched alkanes of at least 4 members (excludes halogenated alkanes) is 1. The predicted octanol–water partition coefficient (Wildman–Crippen LogP) is 1.91. The van der Waals surface area contributed by atoms with Gasteiger partial charge in [0.2, 0.25) is 0 Å². The van der Waals surface area contributed by atoms with Gasteiger partial charge in [-0.15, -0.1) is 0 Å². The first-order valence-corrected chi connectivity index (χ1v) is 7.53. The maximum Gasteiger partial charge on any atom is 0.326 e. The summed E-state index contributed by atoms with van der Waals surface area (Å²) in [4.78, 5) is 25.1. The van der Waals surface area contributed by atoms with Gasteiger partial charge in [0.05, 0.1) is 0 Å². The molecule has 0 aliphatic rings. The third kappa shape index (κ3) is 8.55. The van der Waals surface area contributed by atoms with Gasteiger partial charge in [0.15, 0.2) is 0 Å². The average Bonchev–Trinajstić information content (AvgIpc) is 2.33. The zero-order valence-corrected chi connectivity index (χ0v) is 14.2. The lowest BCUT2D eigenvalue weighted by atomic mass is 9.87. The Bertz CT molecular complexity index is 338. The Hall–Kier alpha value is -1.30. The van der Waals surface area contributed by atoms with Crippen LogP contribution in [0.3, 0.4) is 0 Å². The number of urea groups is 1. The Morgan fingerprint density at radius 2 is 1.76 bits per heavy atom. The van der Waals surface area contributed by atoms with Crippen molar-refractivity contribution < 1.29 is 14.7 Å². The van der Waals surface area contributed by atoms with Crippen molar-refractivity contribution in [3.63, 3.8) is 0 Å². The van der Waals surface area contributed by atoms with Crippen LogP contribution in [0.15, 0.2) is 0 Å². The van der Waals surface area contributed by atoms with Crippen LogP contribution in [0.4, 0.5) is 4.79 Å². The molecule has 0 saturated heterocycles. The lowest BCUT2D eigenvalue weighted by Gasteiger charge is -2.27. The SMILES string of the molecule is CC(C)N(C)CCCCNC(=O)N[C@@H](C(=O)O)C(C)(C)C. The molecule has 0 heterocycles. The zero-order chi connectivity index (χ0) is 16.6. The van der Waals surface area contributed by atoms with Crippen LogP contribution in [0, 0.1) is 5.41 Å². The van der Waals surface area contributed by atoms with Crippen LogP contribution in [0.1, 0.15) is 47.5 Å². The second kappa shape index (κ2) is 8.87. The highest BCUT2D eigenvalue weighted by atomic mass is 16.4. The third-order valence-corrected chi connectivity index (χ3v) is 3.49. The molecular formula is C15H31N3O3. The van der Waals surface area contributed by atoms with Gasteiger partial charge >= 0.3 is 12.0 Å². The molecule has 0 aromatic heterocycles. The van der Waals surface area contributed by atoms with Gasteiger partial charge in [-0.3, -0.25) is 0 Å². The fourth-order valence-corrected chi connectivity index (χ4v) is 1.78. The van der Waals surface area contributed by atoms with E-state index in [1.54, 1.807) is 20.8 Å². The number of hydrogen-bond donors (Lipinski definition) is 3. The predicted molar refractivity (Wildman–Crippen MR) is 84.4 cm³/mol. The molecule has 0 bridgehead atoms. The quantitative estimate of drug-likeness (QED) is 0.598. The molecular weight excluding hydrogens is 270 g/mol. The van der Waals surface area contributed by atoms with Crippen LogP contribution in [0.25, 0.3) is 0 Å². The van der Waals surface area contributed by atoms with Crippen LogP contribution in [0.2, 0.25) is 0 Å². The standard InChI is InChI=1S/C15H31N3O3/c1-11(2)18(6)10-8-7-9-16-14(21)17-12(13(19)20)15(3,4)5/h11-12H,7-10H2,1-6H3,(H,19,20)(H2,16,17,21)/t12-/m0/s1. The van der Waals surface area contributed by atoms with Crippen molar-refractivity contribution in [1.82, 2.24) is 15.5 Å². The van der Waals surface area contributed by atoms with Crippen LogP contribution in [-0.2, 0) is 4.79 Å². The third-order valence-electron chi connectivity index (χ3n) is 3.49. The molecule has 3 N–H and O–H groups in total. The van der Waals surface area contributed by atoms with Crippen molar-refractivity contribution in [2.24, 2.45) is 5.41 Å². The minimum Gasteiger partial charge on any atom is -0.480 e. The van der Waals surface area contributed by atoms with Crippen molar-refractivity contribution in [3.05, 3.63) is 0 Å². The lowest BCUT2D eigenvalue weighted by molar-refractivity contribution is -0.141. The Morgan fingerprint density at radius 3 is 2.19 bits per heavy atom. The van der Waals surface area contributed by atoms with Crippen LogP contribution in [0.5, 0.6) is 0 Å². The average molecular weight is 301 g/mol. The van der Waals surface area contributed by atoms with Crippen molar-refractivity contribution in [3.8, 4) is 0 Å². The number of amides is 2. The molecule has 6 heteroatoms. The summed E-state index contributed by atoms with van der Waals surface area (Å²) in [7, 11) is 2.07. The molecule has 0 unspecified atom stereocenters. The molecule has 0 radical (unpaired) electrons. The first-order valence-electron chi connectivity index (χ1n) is 7.53. The molecule has 0 saturated carbocycles. The maximum atomic E-state index is 11.7. The first kappa shape index (κ1) is 19.7. The molecule has 1 atom stereocenters. The number of nitrogens with zero attached hydrogens (tertiary/aromatic N) is 1. The summed E-state index contributed by atoms with van der Waals surface area (Å²) < 4.78 is 0. The highest BCUT2D eigenvalue weighted by Crippen LogP contribution is 2.19.